The van der Waals surface area contributed by atoms with Crippen LogP contribution in [0.2, 0.25) is 0 Å². The van der Waals surface area contributed by atoms with Crippen LogP contribution in [-0.2, 0) is 5.41 Å². The number of hydrogen-bond donors (Lipinski definition) is 0. The molecule has 0 aliphatic heterocycles. The zero-order valence-electron chi connectivity index (χ0n) is 13.3. The number of Topliss-reactive ketones (excluding diaryl/α,β-unsaturated/α-hetero) is 1. The smallest absolute Gasteiger partial charge is 0.199 e. The Bertz CT molecular complexity index is 522. The predicted molar refractivity (Wildman–Crippen MR) is 98.2 cm³/mol. The third-order valence-corrected chi connectivity index (χ3v) is 5.48. The Labute approximate surface area is 142 Å². The molecular weight excluding hydrogens is 371 g/mol. The summed E-state index contributed by atoms with van der Waals surface area (Å²) in [6, 6.07) is 8.15. The molecule has 0 radical (unpaired) electrons. The highest BCUT2D eigenvalue weighted by Crippen LogP contribution is 2.30. The molecule has 1 aliphatic rings. The number of rotatable bonds is 2. The van der Waals surface area contributed by atoms with E-state index in [0.29, 0.717) is 0 Å². The second-order valence-electron chi connectivity index (χ2n) is 6.99. The van der Waals surface area contributed by atoms with Gasteiger partial charge in [-0.25, -0.2) is 0 Å². The molecule has 0 spiro atoms. The van der Waals surface area contributed by atoms with Gasteiger partial charge in [-0.2, -0.15) is 0 Å². The van der Waals surface area contributed by atoms with Gasteiger partial charge in [-0.05, 0) is 59.3 Å². The molecule has 1 aromatic rings. The minimum absolute atomic E-state index is 0.133. The van der Waals surface area contributed by atoms with Gasteiger partial charge in [0.1, 0.15) is 0 Å². The van der Waals surface area contributed by atoms with E-state index in [2.05, 4.69) is 55.5 Å². The van der Waals surface area contributed by atoms with E-state index in [4.69, 9.17) is 0 Å². The first-order valence-corrected chi connectivity index (χ1v) is 9.00. The summed E-state index contributed by atoms with van der Waals surface area (Å²) in [5.74, 6) is 0.202. The van der Waals surface area contributed by atoms with Crippen molar-refractivity contribution < 1.29 is 4.79 Å². The Morgan fingerprint density at radius 3 is 1.95 bits per heavy atom. The third-order valence-electron chi connectivity index (χ3n) is 4.23. The Morgan fingerprint density at radius 2 is 1.48 bits per heavy atom. The van der Waals surface area contributed by atoms with Crippen LogP contribution < -0.4 is 0 Å². The van der Waals surface area contributed by atoms with Gasteiger partial charge < -0.3 is 0 Å². The van der Waals surface area contributed by atoms with Gasteiger partial charge in [-0.15, -0.1) is 0 Å². The highest BCUT2D eigenvalue weighted by molar-refractivity contribution is 14.1. The molecule has 114 valence electrons. The average Bonchev–Trinajstić information content (AvgIpc) is 2.74. The maximum Gasteiger partial charge on any atom is 0.199 e. The van der Waals surface area contributed by atoms with E-state index in [9.17, 15) is 4.79 Å². The van der Waals surface area contributed by atoms with Gasteiger partial charge in [-0.3, -0.25) is 4.79 Å². The maximum absolute atomic E-state index is 12.7. The Kier molecular flexibility index (Phi) is 5.64. The number of hydrogen-bond acceptors (Lipinski definition) is 1. The Hall–Kier alpha value is -0.640. The summed E-state index contributed by atoms with van der Waals surface area (Å²) in [6.07, 6.45) is 7.29. The lowest BCUT2D eigenvalue weighted by molar-refractivity contribution is 0.104. The molecule has 0 bridgehead atoms. The van der Waals surface area contributed by atoms with E-state index < -0.39 is 0 Å². The van der Waals surface area contributed by atoms with E-state index in [0.717, 1.165) is 22.0 Å². The van der Waals surface area contributed by atoms with E-state index in [1.165, 1.54) is 36.8 Å². The average molecular weight is 396 g/mol. The van der Waals surface area contributed by atoms with Crippen molar-refractivity contribution in [2.75, 3.05) is 0 Å². The summed E-state index contributed by atoms with van der Waals surface area (Å²) in [7, 11) is 0. The summed E-state index contributed by atoms with van der Waals surface area (Å²) in [4.78, 5) is 12.7. The quantitative estimate of drug-likeness (QED) is 0.251. The number of carbonyl (C=O) groups is 1. The van der Waals surface area contributed by atoms with Gasteiger partial charge in [0.05, 0.1) is 3.58 Å². The number of benzene rings is 1. The fraction of sp³-hybridized carbons (Fsp3) is 0.526. The lowest BCUT2D eigenvalue weighted by Crippen LogP contribution is -2.11. The van der Waals surface area contributed by atoms with Crippen molar-refractivity contribution in [3.8, 4) is 0 Å². The summed E-state index contributed by atoms with van der Waals surface area (Å²) in [5, 5.41) is 0. The molecule has 1 aromatic carbocycles. The van der Waals surface area contributed by atoms with Crippen molar-refractivity contribution in [2.24, 2.45) is 0 Å². The topological polar surface area (TPSA) is 17.1 Å². The monoisotopic (exact) mass is 396 g/mol. The molecule has 0 heterocycles. The van der Waals surface area contributed by atoms with Crippen LogP contribution in [0.25, 0.3) is 0 Å². The first-order valence-electron chi connectivity index (χ1n) is 7.92. The molecule has 1 nitrogen and oxygen atoms in total. The number of halogens is 1. The van der Waals surface area contributed by atoms with Gasteiger partial charge in [0.25, 0.3) is 0 Å². The van der Waals surface area contributed by atoms with Gasteiger partial charge in [-0.1, -0.05) is 63.5 Å². The Balaban J connectivity index is 2.21. The molecule has 0 unspecified atom stereocenters. The molecule has 2 rings (SSSR count). The molecule has 0 aromatic heterocycles. The summed E-state index contributed by atoms with van der Waals surface area (Å²) in [5.41, 5.74) is 3.60. The highest BCUT2D eigenvalue weighted by Gasteiger charge is 2.18. The minimum atomic E-state index is 0.133. The molecule has 1 saturated carbocycles. The van der Waals surface area contributed by atoms with Crippen LogP contribution in [0, 0.1) is 0 Å². The van der Waals surface area contributed by atoms with Crippen LogP contribution in [0.15, 0.2) is 33.4 Å². The molecule has 2 heteroatoms. The first-order chi connectivity index (χ1) is 9.89. The standard InChI is InChI=1S/C19H25IO/c1-19(2,3)16-12-10-15(11-13-16)18(21)17(20)14-8-6-4-5-7-9-14/h10-13H,4-9H2,1-3H3. The maximum atomic E-state index is 12.7. The molecule has 1 aliphatic carbocycles. The lowest BCUT2D eigenvalue weighted by atomic mass is 9.86. The van der Waals surface area contributed by atoms with E-state index >= 15 is 0 Å². The number of carbonyl (C=O) groups excluding carboxylic acids is 1. The van der Waals surface area contributed by atoms with Crippen LogP contribution >= 0.6 is 22.6 Å². The fourth-order valence-electron chi connectivity index (χ4n) is 2.78. The van der Waals surface area contributed by atoms with E-state index in [1.807, 2.05) is 12.1 Å². The molecular formula is C19H25IO. The zero-order valence-corrected chi connectivity index (χ0v) is 15.5. The largest absolute Gasteiger partial charge is 0.288 e. The first kappa shape index (κ1) is 16.7. The van der Waals surface area contributed by atoms with Crippen LogP contribution in [-0.4, -0.2) is 5.78 Å². The van der Waals surface area contributed by atoms with Crippen molar-refractivity contribution in [3.63, 3.8) is 0 Å². The lowest BCUT2D eigenvalue weighted by Gasteiger charge is -2.19. The summed E-state index contributed by atoms with van der Waals surface area (Å²) < 4.78 is 0.956. The van der Waals surface area contributed by atoms with Crippen LogP contribution in [0.4, 0.5) is 0 Å². The van der Waals surface area contributed by atoms with E-state index in [1.54, 1.807) is 0 Å². The number of allylic oxidation sites excluding steroid dienone is 2. The van der Waals surface area contributed by atoms with Gasteiger partial charge >= 0.3 is 0 Å². The minimum Gasteiger partial charge on any atom is -0.288 e. The Morgan fingerprint density at radius 1 is 0.952 bits per heavy atom. The number of ketones is 1. The van der Waals surface area contributed by atoms with Crippen LogP contribution in [0.1, 0.15) is 75.2 Å². The SMILES string of the molecule is CC(C)(C)c1ccc(C(=O)C(I)=C2CCCCCC2)cc1. The zero-order chi connectivity index (χ0) is 15.5. The normalized spacial score (nSPS) is 16.5. The molecule has 1 fully saturated rings. The molecule has 21 heavy (non-hydrogen) atoms. The molecule has 0 N–H and O–H groups in total. The van der Waals surface area contributed by atoms with Crippen molar-refractivity contribution in [1.29, 1.82) is 0 Å². The third kappa shape index (κ3) is 4.41. The predicted octanol–water partition coefficient (Wildman–Crippen LogP) is 6.21. The van der Waals surface area contributed by atoms with Crippen LogP contribution in [0.5, 0.6) is 0 Å². The molecule has 0 saturated heterocycles. The summed E-state index contributed by atoms with van der Waals surface area (Å²) >= 11 is 2.26. The van der Waals surface area contributed by atoms with Crippen LogP contribution in [0.3, 0.4) is 0 Å². The molecule has 0 amide bonds. The van der Waals surface area contributed by atoms with Gasteiger partial charge in [0.2, 0.25) is 0 Å². The highest BCUT2D eigenvalue weighted by atomic mass is 127. The van der Waals surface area contributed by atoms with Crippen molar-refractivity contribution in [3.05, 3.63) is 44.5 Å². The fourth-order valence-corrected chi connectivity index (χ4v) is 3.63. The van der Waals surface area contributed by atoms with Crippen molar-refractivity contribution >= 4 is 28.4 Å². The van der Waals surface area contributed by atoms with Crippen molar-refractivity contribution in [2.45, 2.75) is 64.7 Å². The van der Waals surface area contributed by atoms with E-state index in [-0.39, 0.29) is 11.2 Å². The summed E-state index contributed by atoms with van der Waals surface area (Å²) in [6.45, 7) is 6.59. The second kappa shape index (κ2) is 7.08. The van der Waals surface area contributed by atoms with Gasteiger partial charge in [0.15, 0.2) is 5.78 Å². The molecule has 0 atom stereocenters. The van der Waals surface area contributed by atoms with Crippen molar-refractivity contribution in [1.82, 2.24) is 0 Å². The second-order valence-corrected chi connectivity index (χ2v) is 8.07. The van der Waals surface area contributed by atoms with Gasteiger partial charge in [0, 0.05) is 5.56 Å².